The van der Waals surface area contributed by atoms with E-state index in [1.807, 2.05) is 0 Å². The molecular weight excluding hydrogens is 531 g/mol. The first-order chi connectivity index (χ1) is 18.6. The van der Waals surface area contributed by atoms with Gasteiger partial charge in [-0.05, 0) is 56.0 Å². The quantitative estimate of drug-likeness (QED) is 0.227. The Kier molecular flexibility index (Phi) is 7.32. The average molecular weight is 558 g/mol. The molecule has 204 valence electrons. The fraction of sp³-hybridized carbons (Fsp3) is 0.259. The molecule has 5 rings (SSSR count). The van der Waals surface area contributed by atoms with Gasteiger partial charge in [-0.2, -0.15) is 18.3 Å². The molecule has 0 unspecified atom stereocenters. The first-order valence-corrected chi connectivity index (χ1v) is 13.8. The van der Waals surface area contributed by atoms with Gasteiger partial charge in [-0.15, -0.1) is 0 Å². The molecule has 0 radical (unpaired) electrons. The highest BCUT2D eigenvalue weighted by atomic mass is 32.2. The summed E-state index contributed by atoms with van der Waals surface area (Å²) in [5.41, 5.74) is -0.146. The van der Waals surface area contributed by atoms with E-state index in [2.05, 4.69) is 25.8 Å². The molecule has 4 aromatic rings. The molecule has 2 aromatic carbocycles. The fourth-order valence-electron chi connectivity index (χ4n) is 4.49. The second kappa shape index (κ2) is 10.7. The highest BCUT2D eigenvalue weighted by Gasteiger charge is 2.30. The monoisotopic (exact) mass is 557 g/mol. The summed E-state index contributed by atoms with van der Waals surface area (Å²) in [4.78, 5) is 4.66. The number of hydrogen-bond donors (Lipinski definition) is 4. The molecule has 0 amide bonds. The van der Waals surface area contributed by atoms with E-state index < -0.39 is 21.6 Å². The van der Waals surface area contributed by atoms with Gasteiger partial charge in [-0.3, -0.25) is 5.10 Å². The van der Waals surface area contributed by atoms with Crippen LogP contribution >= 0.6 is 0 Å². The standard InChI is InChI=1S/C27H26F3N5O3S/c28-27(29,30)18-6-4-5-17(13-18)23-16-26(35-34-23)33-25-15-22(39(37,38)21-7-2-1-3-8-21)14-24(32-25)31-19-9-11-20(36)12-10-19/h1-8,13-16,19-20,36H,9-12H2,(H3,31,32,33,34,35). The number of H-pyrrole nitrogens is 1. The predicted octanol–water partition coefficient (Wildman–Crippen LogP) is 5.78. The van der Waals surface area contributed by atoms with E-state index in [9.17, 15) is 26.7 Å². The lowest BCUT2D eigenvalue weighted by molar-refractivity contribution is -0.137. The molecular formula is C27H26F3N5O3S. The van der Waals surface area contributed by atoms with Crippen LogP contribution in [-0.4, -0.2) is 40.9 Å². The first kappa shape index (κ1) is 26.7. The Morgan fingerprint density at radius 2 is 1.56 bits per heavy atom. The normalized spacial score (nSPS) is 18.1. The van der Waals surface area contributed by atoms with Crippen molar-refractivity contribution >= 4 is 27.3 Å². The second-order valence-electron chi connectivity index (χ2n) is 9.41. The Morgan fingerprint density at radius 1 is 0.846 bits per heavy atom. The number of nitrogens with zero attached hydrogens (tertiary/aromatic N) is 2. The average Bonchev–Trinajstić information content (AvgIpc) is 3.38. The summed E-state index contributed by atoms with van der Waals surface area (Å²) in [6.07, 6.45) is -2.14. The van der Waals surface area contributed by atoms with Gasteiger partial charge in [-0.1, -0.05) is 30.3 Å². The number of nitrogens with one attached hydrogen (secondary N) is 3. The highest BCUT2D eigenvalue weighted by Crippen LogP contribution is 2.33. The number of anilines is 3. The number of benzene rings is 2. The second-order valence-corrected chi connectivity index (χ2v) is 11.4. The van der Waals surface area contributed by atoms with Crippen LogP contribution in [0.2, 0.25) is 0 Å². The lowest BCUT2D eigenvalue weighted by Gasteiger charge is -2.26. The molecule has 2 heterocycles. The summed E-state index contributed by atoms with van der Waals surface area (Å²) in [7, 11) is -3.88. The first-order valence-electron chi connectivity index (χ1n) is 12.3. The largest absolute Gasteiger partial charge is 0.416 e. The van der Waals surface area contributed by atoms with Crippen LogP contribution in [0.1, 0.15) is 31.2 Å². The molecule has 0 atom stereocenters. The third-order valence-electron chi connectivity index (χ3n) is 6.55. The van der Waals surface area contributed by atoms with Crippen molar-refractivity contribution in [2.24, 2.45) is 0 Å². The number of aliphatic hydroxyl groups is 1. The zero-order valence-corrected chi connectivity index (χ0v) is 21.4. The van der Waals surface area contributed by atoms with Crippen molar-refractivity contribution in [3.8, 4) is 11.3 Å². The number of aromatic amines is 1. The summed E-state index contributed by atoms with van der Waals surface area (Å²) in [6, 6.07) is 17.3. The number of pyridine rings is 1. The Balaban J connectivity index is 1.45. The highest BCUT2D eigenvalue weighted by molar-refractivity contribution is 7.91. The van der Waals surface area contributed by atoms with Gasteiger partial charge in [0.15, 0.2) is 5.82 Å². The van der Waals surface area contributed by atoms with E-state index in [4.69, 9.17) is 0 Å². The minimum absolute atomic E-state index is 0.0122. The van der Waals surface area contributed by atoms with E-state index in [1.54, 1.807) is 18.2 Å². The molecule has 4 N–H and O–H groups in total. The maximum atomic E-state index is 13.4. The van der Waals surface area contributed by atoms with E-state index >= 15 is 0 Å². The van der Waals surface area contributed by atoms with Gasteiger partial charge in [0.25, 0.3) is 0 Å². The number of alkyl halides is 3. The molecule has 0 saturated heterocycles. The molecule has 1 saturated carbocycles. The smallest absolute Gasteiger partial charge is 0.393 e. The number of sulfone groups is 1. The molecule has 0 aliphatic heterocycles. The van der Waals surface area contributed by atoms with Crippen molar-refractivity contribution in [3.05, 3.63) is 78.4 Å². The van der Waals surface area contributed by atoms with Gasteiger partial charge in [0.05, 0.1) is 27.2 Å². The fourth-order valence-corrected chi connectivity index (χ4v) is 5.81. The van der Waals surface area contributed by atoms with Crippen LogP contribution in [0.3, 0.4) is 0 Å². The number of aliphatic hydroxyl groups excluding tert-OH is 1. The minimum Gasteiger partial charge on any atom is -0.393 e. The van der Waals surface area contributed by atoms with Gasteiger partial charge >= 0.3 is 6.18 Å². The van der Waals surface area contributed by atoms with Crippen LogP contribution in [0.5, 0.6) is 0 Å². The number of hydrogen-bond acceptors (Lipinski definition) is 7. The summed E-state index contributed by atoms with van der Waals surface area (Å²) in [6.45, 7) is 0. The van der Waals surface area contributed by atoms with Crippen molar-refractivity contribution in [3.63, 3.8) is 0 Å². The van der Waals surface area contributed by atoms with Gasteiger partial charge < -0.3 is 15.7 Å². The van der Waals surface area contributed by atoms with Crippen LogP contribution in [0.15, 0.2) is 82.6 Å². The number of halogens is 3. The SMILES string of the molecule is O=S(=O)(c1ccccc1)c1cc(Nc2cc(-c3cccc(C(F)(F)F)c3)[nH]n2)nc(NC2CCC(O)CC2)c1. The molecule has 1 aliphatic carbocycles. The van der Waals surface area contributed by atoms with Crippen molar-refractivity contribution in [1.29, 1.82) is 0 Å². The van der Waals surface area contributed by atoms with E-state index in [0.717, 1.165) is 12.1 Å². The molecule has 2 aromatic heterocycles. The van der Waals surface area contributed by atoms with E-state index in [-0.39, 0.29) is 33.6 Å². The Hall–Kier alpha value is -3.90. The van der Waals surface area contributed by atoms with Crippen LogP contribution in [0, 0.1) is 0 Å². The summed E-state index contributed by atoms with van der Waals surface area (Å²) >= 11 is 0. The Morgan fingerprint density at radius 3 is 2.28 bits per heavy atom. The molecule has 0 bridgehead atoms. The van der Waals surface area contributed by atoms with Gasteiger partial charge in [0, 0.05) is 23.7 Å². The maximum absolute atomic E-state index is 13.4. The zero-order valence-electron chi connectivity index (χ0n) is 20.6. The molecule has 0 spiro atoms. The zero-order chi connectivity index (χ0) is 27.6. The molecule has 12 heteroatoms. The van der Waals surface area contributed by atoms with Gasteiger partial charge in [-0.25, -0.2) is 13.4 Å². The van der Waals surface area contributed by atoms with Crippen molar-refractivity contribution in [2.45, 2.75) is 53.8 Å². The third-order valence-corrected chi connectivity index (χ3v) is 8.30. The maximum Gasteiger partial charge on any atom is 0.416 e. The van der Waals surface area contributed by atoms with Gasteiger partial charge in [0.1, 0.15) is 11.6 Å². The molecule has 1 fully saturated rings. The number of aromatic nitrogens is 3. The topological polar surface area (TPSA) is 120 Å². The van der Waals surface area contributed by atoms with Crippen LogP contribution in [0.25, 0.3) is 11.3 Å². The van der Waals surface area contributed by atoms with Crippen molar-refractivity contribution < 1.29 is 26.7 Å². The van der Waals surface area contributed by atoms with Crippen LogP contribution in [-0.2, 0) is 16.0 Å². The van der Waals surface area contributed by atoms with Crippen molar-refractivity contribution in [2.75, 3.05) is 10.6 Å². The van der Waals surface area contributed by atoms with Crippen LogP contribution in [0.4, 0.5) is 30.6 Å². The summed E-state index contributed by atoms with van der Waals surface area (Å²) in [5.74, 6) is 0.771. The van der Waals surface area contributed by atoms with E-state index in [0.29, 0.717) is 42.8 Å². The third kappa shape index (κ3) is 6.23. The predicted molar refractivity (Wildman–Crippen MR) is 140 cm³/mol. The lowest BCUT2D eigenvalue weighted by atomic mass is 9.93. The minimum atomic E-state index is -4.48. The number of rotatable bonds is 7. The molecule has 39 heavy (non-hydrogen) atoms. The van der Waals surface area contributed by atoms with Gasteiger partial charge in [0.2, 0.25) is 9.84 Å². The van der Waals surface area contributed by atoms with Crippen molar-refractivity contribution in [1.82, 2.24) is 15.2 Å². The Labute approximate surface area is 223 Å². The summed E-state index contributed by atoms with van der Waals surface area (Å²) < 4.78 is 66.2. The Bertz CT molecular complexity index is 1550. The molecule has 1 aliphatic rings. The lowest BCUT2D eigenvalue weighted by Crippen LogP contribution is -2.28. The summed E-state index contributed by atoms with van der Waals surface area (Å²) in [5, 5.41) is 22.9. The van der Waals surface area contributed by atoms with E-state index in [1.165, 1.54) is 42.5 Å². The molecule has 8 nitrogen and oxygen atoms in total. The van der Waals surface area contributed by atoms with Crippen LogP contribution < -0.4 is 10.6 Å².